The van der Waals surface area contributed by atoms with E-state index < -0.39 is 6.10 Å². The van der Waals surface area contributed by atoms with Crippen molar-refractivity contribution in [1.82, 2.24) is 4.98 Å². The maximum Gasteiger partial charge on any atom is 0.130 e. The van der Waals surface area contributed by atoms with Crippen LogP contribution in [0.3, 0.4) is 0 Å². The van der Waals surface area contributed by atoms with E-state index in [1.807, 2.05) is 50.2 Å². The number of ether oxygens (including phenoxy) is 2. The van der Waals surface area contributed by atoms with E-state index in [9.17, 15) is 5.11 Å². The Bertz CT molecular complexity index is 625. The number of rotatable bonds is 3. The van der Waals surface area contributed by atoms with Crippen LogP contribution in [0.25, 0.3) is 0 Å². The van der Waals surface area contributed by atoms with Gasteiger partial charge in [0, 0.05) is 24.2 Å². The molecule has 110 valence electrons. The van der Waals surface area contributed by atoms with Crippen LogP contribution in [0.2, 0.25) is 0 Å². The molecule has 2 aromatic rings. The van der Waals surface area contributed by atoms with Gasteiger partial charge in [0.05, 0.1) is 11.8 Å². The molecule has 1 aromatic heterocycles. The topological polar surface area (TPSA) is 51.6 Å². The van der Waals surface area contributed by atoms with E-state index in [0.717, 1.165) is 11.3 Å². The van der Waals surface area contributed by atoms with Crippen LogP contribution in [-0.2, 0) is 6.61 Å². The number of fused-ring (bicyclic) bond motifs is 1. The Kier molecular flexibility index (Phi) is 3.55. The van der Waals surface area contributed by atoms with E-state index in [1.165, 1.54) is 0 Å². The quantitative estimate of drug-likeness (QED) is 0.940. The van der Waals surface area contributed by atoms with Crippen LogP contribution < -0.4 is 9.47 Å². The minimum absolute atomic E-state index is 0.369. The van der Waals surface area contributed by atoms with Crippen molar-refractivity contribution in [1.29, 1.82) is 0 Å². The highest BCUT2D eigenvalue weighted by Crippen LogP contribution is 2.41. The normalized spacial score (nSPS) is 19.5. The molecular weight excluding hydrogens is 266 g/mol. The molecule has 1 aliphatic heterocycles. The summed E-state index contributed by atoms with van der Waals surface area (Å²) in [6, 6.07) is 11.3. The van der Waals surface area contributed by atoms with Crippen molar-refractivity contribution in [3.05, 3.63) is 53.9 Å². The second-order valence-corrected chi connectivity index (χ2v) is 5.89. The minimum atomic E-state index is -0.492. The fourth-order valence-corrected chi connectivity index (χ4v) is 2.52. The molecule has 0 amide bonds. The molecule has 3 rings (SSSR count). The highest BCUT2D eigenvalue weighted by Gasteiger charge is 2.32. The monoisotopic (exact) mass is 285 g/mol. The molecule has 4 heteroatoms. The van der Waals surface area contributed by atoms with Crippen molar-refractivity contribution in [2.24, 2.45) is 0 Å². The number of hydrogen-bond acceptors (Lipinski definition) is 4. The van der Waals surface area contributed by atoms with E-state index in [1.54, 1.807) is 6.20 Å². The number of nitrogens with zero attached hydrogens (tertiary/aromatic N) is 1. The standard InChI is InChI=1S/C17H19NO3/c1-17(2)10-15(19)14-7-6-13(9-16(14)21-17)20-11-12-5-3-4-8-18-12/h3-9,15,19H,10-11H2,1-2H3. The fourth-order valence-electron chi connectivity index (χ4n) is 2.52. The Morgan fingerprint density at radius 1 is 1.33 bits per heavy atom. The summed E-state index contributed by atoms with van der Waals surface area (Å²) in [4.78, 5) is 4.22. The molecule has 0 fully saturated rings. The van der Waals surface area contributed by atoms with Gasteiger partial charge in [-0.05, 0) is 38.1 Å². The van der Waals surface area contributed by atoms with Crippen molar-refractivity contribution in [3.63, 3.8) is 0 Å². The summed E-state index contributed by atoms with van der Waals surface area (Å²) in [6.45, 7) is 4.35. The largest absolute Gasteiger partial charge is 0.487 e. The van der Waals surface area contributed by atoms with Crippen LogP contribution in [0.15, 0.2) is 42.6 Å². The van der Waals surface area contributed by atoms with Crippen LogP contribution >= 0.6 is 0 Å². The maximum atomic E-state index is 10.2. The SMILES string of the molecule is CC1(C)CC(O)c2ccc(OCc3ccccn3)cc2O1. The molecule has 21 heavy (non-hydrogen) atoms. The molecule has 0 aliphatic carbocycles. The summed E-state index contributed by atoms with van der Waals surface area (Å²) in [5.41, 5.74) is 1.32. The number of benzene rings is 1. The summed E-state index contributed by atoms with van der Waals surface area (Å²) in [5, 5.41) is 10.2. The zero-order chi connectivity index (χ0) is 14.9. The highest BCUT2D eigenvalue weighted by atomic mass is 16.5. The summed E-state index contributed by atoms with van der Waals surface area (Å²) in [5.74, 6) is 1.40. The Hall–Kier alpha value is -2.07. The third kappa shape index (κ3) is 3.16. The highest BCUT2D eigenvalue weighted by molar-refractivity contribution is 5.43. The van der Waals surface area contributed by atoms with Gasteiger partial charge < -0.3 is 14.6 Å². The third-order valence-electron chi connectivity index (χ3n) is 3.53. The first kappa shape index (κ1) is 13.9. The number of aromatic nitrogens is 1. The first-order valence-electron chi connectivity index (χ1n) is 7.07. The Labute approximate surface area is 124 Å². The van der Waals surface area contributed by atoms with Crippen LogP contribution in [0.4, 0.5) is 0 Å². The van der Waals surface area contributed by atoms with Crippen molar-refractivity contribution < 1.29 is 14.6 Å². The molecule has 1 aromatic carbocycles. The summed E-state index contributed by atoms with van der Waals surface area (Å²) >= 11 is 0. The zero-order valence-electron chi connectivity index (χ0n) is 12.2. The summed E-state index contributed by atoms with van der Waals surface area (Å²) in [7, 11) is 0. The molecule has 0 saturated carbocycles. The predicted octanol–water partition coefficient (Wildman–Crippen LogP) is 3.26. The van der Waals surface area contributed by atoms with E-state index >= 15 is 0 Å². The Balaban J connectivity index is 1.77. The van der Waals surface area contributed by atoms with E-state index in [2.05, 4.69) is 4.98 Å². The van der Waals surface area contributed by atoms with Crippen LogP contribution in [0.1, 0.15) is 37.6 Å². The van der Waals surface area contributed by atoms with Crippen LogP contribution in [0.5, 0.6) is 11.5 Å². The maximum absolute atomic E-state index is 10.2. The van der Waals surface area contributed by atoms with Crippen molar-refractivity contribution in [3.8, 4) is 11.5 Å². The van der Waals surface area contributed by atoms with Crippen molar-refractivity contribution in [2.75, 3.05) is 0 Å². The second kappa shape index (κ2) is 5.37. The van der Waals surface area contributed by atoms with Gasteiger partial charge in [-0.3, -0.25) is 4.98 Å². The first-order valence-corrected chi connectivity index (χ1v) is 7.07. The van der Waals surface area contributed by atoms with Crippen LogP contribution in [-0.4, -0.2) is 15.7 Å². The number of hydrogen-bond donors (Lipinski definition) is 1. The lowest BCUT2D eigenvalue weighted by molar-refractivity contribution is 0.0113. The molecule has 1 atom stereocenters. The van der Waals surface area contributed by atoms with Gasteiger partial charge in [0.1, 0.15) is 23.7 Å². The summed E-state index contributed by atoms with van der Waals surface area (Å²) < 4.78 is 11.7. The molecular formula is C17H19NO3. The smallest absolute Gasteiger partial charge is 0.130 e. The Morgan fingerprint density at radius 3 is 2.95 bits per heavy atom. The molecule has 0 radical (unpaired) electrons. The molecule has 0 bridgehead atoms. The number of aliphatic hydroxyl groups excluding tert-OH is 1. The van der Waals surface area contributed by atoms with Gasteiger partial charge in [0.25, 0.3) is 0 Å². The molecule has 0 spiro atoms. The number of aliphatic hydroxyl groups is 1. The lowest BCUT2D eigenvalue weighted by Crippen LogP contribution is -2.34. The minimum Gasteiger partial charge on any atom is -0.487 e. The molecule has 1 unspecified atom stereocenters. The van der Waals surface area contributed by atoms with Gasteiger partial charge in [-0.25, -0.2) is 0 Å². The van der Waals surface area contributed by atoms with Gasteiger partial charge in [0.2, 0.25) is 0 Å². The molecule has 2 heterocycles. The zero-order valence-corrected chi connectivity index (χ0v) is 12.2. The molecule has 1 N–H and O–H groups in total. The lowest BCUT2D eigenvalue weighted by Gasteiger charge is -2.35. The predicted molar refractivity (Wildman–Crippen MR) is 79.3 cm³/mol. The van der Waals surface area contributed by atoms with Gasteiger partial charge in [-0.15, -0.1) is 0 Å². The third-order valence-corrected chi connectivity index (χ3v) is 3.53. The van der Waals surface area contributed by atoms with Gasteiger partial charge >= 0.3 is 0 Å². The van der Waals surface area contributed by atoms with Crippen molar-refractivity contribution >= 4 is 0 Å². The van der Waals surface area contributed by atoms with E-state index in [-0.39, 0.29) is 5.60 Å². The summed E-state index contributed by atoms with van der Waals surface area (Å²) in [6.07, 6.45) is 1.84. The van der Waals surface area contributed by atoms with Crippen molar-refractivity contribution in [2.45, 2.75) is 38.6 Å². The van der Waals surface area contributed by atoms with E-state index in [0.29, 0.717) is 24.5 Å². The number of pyridine rings is 1. The van der Waals surface area contributed by atoms with Crippen LogP contribution in [0, 0.1) is 0 Å². The first-order chi connectivity index (χ1) is 10.0. The van der Waals surface area contributed by atoms with E-state index in [4.69, 9.17) is 9.47 Å². The molecule has 4 nitrogen and oxygen atoms in total. The van der Waals surface area contributed by atoms with Gasteiger partial charge in [-0.2, -0.15) is 0 Å². The molecule has 1 aliphatic rings. The van der Waals surface area contributed by atoms with Gasteiger partial charge in [-0.1, -0.05) is 6.07 Å². The van der Waals surface area contributed by atoms with Gasteiger partial charge in [0.15, 0.2) is 0 Å². The average molecular weight is 285 g/mol. The lowest BCUT2D eigenvalue weighted by atomic mass is 9.92. The molecule has 0 saturated heterocycles. The second-order valence-electron chi connectivity index (χ2n) is 5.89. The fraction of sp³-hybridized carbons (Fsp3) is 0.353. The average Bonchev–Trinajstić information content (AvgIpc) is 2.44. The Morgan fingerprint density at radius 2 is 2.19 bits per heavy atom.